The van der Waals surface area contributed by atoms with Gasteiger partial charge in [-0.1, -0.05) is 0 Å². The minimum absolute atomic E-state index is 0. The first kappa shape index (κ1) is 11.5. The van der Waals surface area contributed by atoms with Crippen LogP contribution >= 0.6 is 12.4 Å². The molecule has 0 fully saturated rings. The molecule has 3 nitrogen and oxygen atoms in total. The molecule has 0 aromatic heterocycles. The van der Waals surface area contributed by atoms with E-state index in [-0.39, 0.29) is 24.7 Å². The average molecular weight is 153 g/mol. The molecule has 0 spiro atoms. The molecule has 0 amide bonds. The maximum Gasteiger partial charge on any atom is 0.0934 e. The van der Waals surface area contributed by atoms with Crippen molar-refractivity contribution in [3.8, 4) is 0 Å². The van der Waals surface area contributed by atoms with Crippen LogP contribution in [0.1, 0.15) is 20.3 Å². The molecule has 4 heteroatoms. The highest BCUT2D eigenvalue weighted by atomic mass is 35.5. The smallest absolute Gasteiger partial charge is 0.0934 e. The van der Waals surface area contributed by atoms with Gasteiger partial charge in [-0.2, -0.15) is 0 Å². The predicted octanol–water partition coefficient (Wildman–Crippen LogP) is 0.505. The van der Waals surface area contributed by atoms with E-state index in [1.54, 1.807) is 13.8 Å². The number of rotatable bonds is 2. The Labute approximate surface area is 61.2 Å². The topological polar surface area (TPSA) is 70.1 Å². The second kappa shape index (κ2) is 3.69. The van der Waals surface area contributed by atoms with Crippen LogP contribution in [0.15, 0.2) is 0 Å². The number of hydrogen-bond acceptors (Lipinski definition) is 2. The number of hydrogen-bond donors (Lipinski definition) is 3. The van der Waals surface area contributed by atoms with Crippen molar-refractivity contribution in [2.75, 3.05) is 0 Å². The molecule has 0 atom stereocenters. The van der Waals surface area contributed by atoms with E-state index < -0.39 is 5.60 Å². The van der Waals surface area contributed by atoms with Crippen molar-refractivity contribution in [1.82, 2.24) is 0 Å². The lowest BCUT2D eigenvalue weighted by Crippen LogP contribution is -2.26. The maximum atomic E-state index is 8.97. The van der Waals surface area contributed by atoms with Gasteiger partial charge in [-0.15, -0.1) is 12.4 Å². The molecule has 0 radical (unpaired) electrons. The van der Waals surface area contributed by atoms with Crippen molar-refractivity contribution in [2.24, 2.45) is 5.73 Å². The number of halogens is 1. The van der Waals surface area contributed by atoms with E-state index >= 15 is 0 Å². The van der Waals surface area contributed by atoms with Crippen molar-refractivity contribution < 1.29 is 5.11 Å². The van der Waals surface area contributed by atoms with Crippen LogP contribution in [0.3, 0.4) is 0 Å². The zero-order valence-corrected chi connectivity index (χ0v) is 6.46. The lowest BCUT2D eigenvalue weighted by molar-refractivity contribution is 0.0882. The van der Waals surface area contributed by atoms with Crippen molar-refractivity contribution >= 4 is 18.2 Å². The van der Waals surface area contributed by atoms with E-state index in [9.17, 15) is 0 Å². The van der Waals surface area contributed by atoms with Gasteiger partial charge in [0.1, 0.15) is 0 Å². The van der Waals surface area contributed by atoms with Gasteiger partial charge in [0.05, 0.1) is 11.4 Å². The summed E-state index contributed by atoms with van der Waals surface area (Å²) in [6, 6.07) is 0. The molecule has 4 N–H and O–H groups in total. The Bertz CT molecular complexity index is 97.6. The van der Waals surface area contributed by atoms with Gasteiger partial charge in [0.2, 0.25) is 0 Å². The summed E-state index contributed by atoms with van der Waals surface area (Å²) >= 11 is 0. The third-order valence-electron chi connectivity index (χ3n) is 0.623. The molecule has 0 aliphatic heterocycles. The Morgan fingerprint density at radius 3 is 2.00 bits per heavy atom. The van der Waals surface area contributed by atoms with Crippen LogP contribution in [0.4, 0.5) is 0 Å². The normalized spacial score (nSPS) is 10.1. The van der Waals surface area contributed by atoms with Gasteiger partial charge in [-0.25, -0.2) is 0 Å². The minimum atomic E-state index is -0.828. The summed E-state index contributed by atoms with van der Waals surface area (Å²) in [4.78, 5) is 0. The fourth-order valence-electron chi connectivity index (χ4n) is 0.466. The van der Waals surface area contributed by atoms with Gasteiger partial charge in [0, 0.05) is 6.42 Å². The molecule has 9 heavy (non-hydrogen) atoms. The fourth-order valence-corrected chi connectivity index (χ4v) is 0.466. The summed E-state index contributed by atoms with van der Waals surface area (Å²) in [7, 11) is 0. The molecule has 0 bridgehead atoms. The Morgan fingerprint density at radius 1 is 1.67 bits per heavy atom. The second-order valence-corrected chi connectivity index (χ2v) is 2.51. The second-order valence-electron chi connectivity index (χ2n) is 2.51. The third kappa shape index (κ3) is 11.3. The van der Waals surface area contributed by atoms with Crippen LogP contribution in [0.25, 0.3) is 0 Å². The van der Waals surface area contributed by atoms with Crippen LogP contribution in [-0.2, 0) is 0 Å². The largest absolute Gasteiger partial charge is 0.390 e. The van der Waals surface area contributed by atoms with Crippen LogP contribution < -0.4 is 5.73 Å². The van der Waals surface area contributed by atoms with E-state index in [1.165, 1.54) is 0 Å². The molecule has 0 heterocycles. The molecule has 0 saturated carbocycles. The summed E-state index contributed by atoms with van der Waals surface area (Å²) in [5.41, 5.74) is 4.17. The highest BCUT2D eigenvalue weighted by Crippen LogP contribution is 2.04. The van der Waals surface area contributed by atoms with E-state index in [0.29, 0.717) is 0 Å². The molecular weight excluding hydrogens is 140 g/mol. The highest BCUT2D eigenvalue weighted by Gasteiger charge is 2.12. The van der Waals surface area contributed by atoms with Gasteiger partial charge in [-0.05, 0) is 13.8 Å². The third-order valence-corrected chi connectivity index (χ3v) is 0.623. The van der Waals surface area contributed by atoms with Crippen molar-refractivity contribution in [3.63, 3.8) is 0 Å². The summed E-state index contributed by atoms with van der Waals surface area (Å²) in [5, 5.41) is 15.7. The summed E-state index contributed by atoms with van der Waals surface area (Å²) in [5.74, 6) is 0.0255. The first-order valence-corrected chi connectivity index (χ1v) is 2.47. The van der Waals surface area contributed by atoms with Crippen LogP contribution in [-0.4, -0.2) is 16.5 Å². The van der Waals surface area contributed by atoms with Gasteiger partial charge < -0.3 is 10.8 Å². The fraction of sp³-hybridized carbons (Fsp3) is 0.800. The predicted molar refractivity (Wildman–Crippen MR) is 40.1 cm³/mol. The highest BCUT2D eigenvalue weighted by molar-refractivity contribution is 5.85. The zero-order chi connectivity index (χ0) is 6.78. The Hall–Kier alpha value is -0.280. The minimum Gasteiger partial charge on any atom is -0.390 e. The van der Waals surface area contributed by atoms with E-state index in [0.717, 1.165) is 0 Å². The zero-order valence-electron chi connectivity index (χ0n) is 5.64. The lowest BCUT2D eigenvalue weighted by atomic mass is 10.1. The van der Waals surface area contributed by atoms with Gasteiger partial charge in [0.25, 0.3) is 0 Å². The van der Waals surface area contributed by atoms with E-state index in [4.69, 9.17) is 16.2 Å². The molecule has 0 aromatic rings. The molecule has 0 aliphatic rings. The maximum absolute atomic E-state index is 8.97. The molecule has 0 unspecified atom stereocenters. The van der Waals surface area contributed by atoms with Gasteiger partial charge in [0.15, 0.2) is 0 Å². The molecule has 56 valence electrons. The van der Waals surface area contributed by atoms with Crippen LogP contribution in [0, 0.1) is 5.41 Å². The summed E-state index contributed by atoms with van der Waals surface area (Å²) < 4.78 is 0. The van der Waals surface area contributed by atoms with Crippen LogP contribution in [0.2, 0.25) is 0 Å². The number of nitrogens with one attached hydrogen (secondary N) is 1. The summed E-state index contributed by atoms with van der Waals surface area (Å²) in [6.07, 6.45) is 0.243. The van der Waals surface area contributed by atoms with Crippen molar-refractivity contribution in [3.05, 3.63) is 0 Å². The molecule has 0 saturated heterocycles. The van der Waals surface area contributed by atoms with Crippen molar-refractivity contribution in [1.29, 1.82) is 5.41 Å². The standard InChI is InChI=1S/C5H12N2O.ClH/c1-5(2,8)3-4(6)7;/h8H,3H2,1-2H3,(H3,6,7);1H. The number of amidine groups is 1. The van der Waals surface area contributed by atoms with Gasteiger partial charge >= 0.3 is 0 Å². The first-order valence-electron chi connectivity index (χ1n) is 2.47. The van der Waals surface area contributed by atoms with Crippen molar-refractivity contribution in [2.45, 2.75) is 25.9 Å². The summed E-state index contributed by atoms with van der Waals surface area (Å²) in [6.45, 7) is 3.24. The molecular formula is C5H13ClN2O. The monoisotopic (exact) mass is 152 g/mol. The van der Waals surface area contributed by atoms with Gasteiger partial charge in [-0.3, -0.25) is 5.41 Å². The molecule has 0 aromatic carbocycles. The quantitative estimate of drug-likeness (QED) is 0.399. The lowest BCUT2D eigenvalue weighted by Gasteiger charge is -2.14. The number of aliphatic hydroxyl groups is 1. The first-order chi connectivity index (χ1) is 3.42. The van der Waals surface area contributed by atoms with Crippen LogP contribution in [0.5, 0.6) is 0 Å². The molecule has 0 rings (SSSR count). The average Bonchev–Trinajstić information content (AvgIpc) is 1.21. The molecule has 0 aliphatic carbocycles. The Balaban J connectivity index is 0. The number of nitrogens with two attached hydrogens (primary N) is 1. The van der Waals surface area contributed by atoms with E-state index in [1.807, 2.05) is 0 Å². The Kier molecular flexibility index (Phi) is 4.72. The SMILES string of the molecule is CC(C)(O)CC(=N)N.Cl. The Morgan fingerprint density at radius 2 is 2.00 bits per heavy atom. The van der Waals surface area contributed by atoms with E-state index in [2.05, 4.69) is 0 Å².